The molecule has 0 radical (unpaired) electrons. The SMILES string of the molecule is CC(C)c1ccc2c(c1)CCC1CC(C(=O)OCC(COC(=O)C3(C)CCC4(C)c5ccc(C(C)C)cc5CCC4C3)(COC(=O)C3(C)CCCC4(C)c5ccc(C(C)C)cc5CCC34)COC(=O)C3(C)CCCC4(C)c5ccc(C(C)C)cc5CCC34)CCC21C. The predicted octanol–water partition coefficient (Wildman–Crippen LogP) is 19.1. The Balaban J connectivity index is 0.861. The molecule has 92 heavy (non-hydrogen) atoms. The molecule has 0 amide bonds. The highest BCUT2D eigenvalue weighted by atomic mass is 16.6. The number of hydrogen-bond donors (Lipinski definition) is 0. The predicted molar refractivity (Wildman–Crippen MR) is 368 cm³/mol. The van der Waals surface area contributed by atoms with Crippen molar-refractivity contribution in [3.8, 4) is 0 Å². The van der Waals surface area contributed by atoms with E-state index in [0.29, 0.717) is 61.7 Å². The van der Waals surface area contributed by atoms with Gasteiger partial charge in [-0.3, -0.25) is 19.2 Å². The van der Waals surface area contributed by atoms with Crippen LogP contribution >= 0.6 is 0 Å². The molecular formula is C84H114O8. The van der Waals surface area contributed by atoms with Gasteiger partial charge in [0, 0.05) is 0 Å². The van der Waals surface area contributed by atoms with Gasteiger partial charge in [-0.1, -0.05) is 169 Å². The molecule has 12 atom stereocenters. The zero-order valence-electron chi connectivity index (χ0n) is 59.4. The molecule has 0 saturated heterocycles. The van der Waals surface area contributed by atoms with Crippen LogP contribution in [0.25, 0.3) is 0 Å². The van der Waals surface area contributed by atoms with E-state index in [0.717, 1.165) is 96.3 Å². The van der Waals surface area contributed by atoms with Gasteiger partial charge in [-0.15, -0.1) is 0 Å². The van der Waals surface area contributed by atoms with Crippen molar-refractivity contribution < 1.29 is 38.1 Å². The van der Waals surface area contributed by atoms with E-state index in [9.17, 15) is 0 Å². The fourth-order valence-corrected chi connectivity index (χ4v) is 21.1. The van der Waals surface area contributed by atoms with Crippen LogP contribution in [0, 0.1) is 51.2 Å². The molecule has 498 valence electrons. The minimum absolute atomic E-state index is 0.0246. The standard InChI is InChI=1S/C84H114O8/c1-52(2)56-20-28-67-60(42-56)18-26-65-46-64(34-39-78(65,67)10)73(85)89-48-84(49-90-74(86)77(9)40-41-79(11)66(47-77)27-19-61-43-57(53(3)4)21-29-68(61)79,50-91-75(87)82(14)37-16-35-80(12)69-30-22-58(54(5)6)44-62(69)24-32-71(80)82)51-92-76(88)83(15)38-17-36-81(13)70-31-23-59(55(7)8)45-63(70)25-33-72(81)83/h20-23,28-31,42-45,52-55,64-66,71-72H,16-19,24-27,32-41,46-51H2,1-15H3. The zero-order chi connectivity index (χ0) is 65.7. The molecule has 4 aromatic rings. The van der Waals surface area contributed by atoms with Crippen LogP contribution < -0.4 is 0 Å². The van der Waals surface area contributed by atoms with Crippen LogP contribution in [0.4, 0.5) is 0 Å². The van der Waals surface area contributed by atoms with Crippen molar-refractivity contribution in [1.29, 1.82) is 0 Å². The second-order valence-electron chi connectivity index (χ2n) is 34.7. The van der Waals surface area contributed by atoms with Crippen LogP contribution in [-0.4, -0.2) is 50.3 Å². The number of ether oxygens (including phenoxy) is 4. The Morgan fingerprint density at radius 2 is 0.783 bits per heavy atom. The van der Waals surface area contributed by atoms with Crippen molar-refractivity contribution in [2.75, 3.05) is 26.4 Å². The fraction of sp³-hybridized carbons (Fsp3) is 0.667. The smallest absolute Gasteiger partial charge is 0.312 e. The summed E-state index contributed by atoms with van der Waals surface area (Å²) in [6, 6.07) is 28.2. The van der Waals surface area contributed by atoms with Gasteiger partial charge in [0.05, 0.1) is 22.2 Å². The van der Waals surface area contributed by atoms with Crippen molar-refractivity contribution >= 4 is 23.9 Å². The lowest BCUT2D eigenvalue weighted by molar-refractivity contribution is -0.188. The molecule has 12 rings (SSSR count). The average Bonchev–Trinajstić information content (AvgIpc) is 0.743. The molecule has 4 aromatic carbocycles. The molecule has 0 aliphatic heterocycles. The minimum Gasteiger partial charge on any atom is -0.464 e. The molecule has 0 heterocycles. The second kappa shape index (κ2) is 24.8. The highest BCUT2D eigenvalue weighted by Gasteiger charge is 2.59. The number of esters is 4. The summed E-state index contributed by atoms with van der Waals surface area (Å²) in [4.78, 5) is 62.0. The summed E-state index contributed by atoms with van der Waals surface area (Å²) < 4.78 is 27.4. The van der Waals surface area contributed by atoms with Crippen LogP contribution in [-0.2, 0) is 85.5 Å². The van der Waals surface area contributed by atoms with E-state index in [1.165, 1.54) is 66.8 Å². The number of aryl methyl sites for hydroxylation is 4. The molecule has 8 nitrogen and oxygen atoms in total. The number of benzene rings is 4. The Morgan fingerprint density at radius 1 is 0.413 bits per heavy atom. The zero-order valence-corrected chi connectivity index (χ0v) is 59.4. The fourth-order valence-electron chi connectivity index (χ4n) is 21.1. The summed E-state index contributed by atoms with van der Waals surface area (Å²) in [6.07, 6.45) is 17.1. The first-order valence-corrected chi connectivity index (χ1v) is 36.7. The Bertz CT molecular complexity index is 3360. The first-order valence-electron chi connectivity index (χ1n) is 36.7. The summed E-state index contributed by atoms with van der Waals surface area (Å²) in [7, 11) is 0. The van der Waals surface area contributed by atoms with Crippen molar-refractivity contribution in [1.82, 2.24) is 0 Å². The molecule has 12 unspecified atom stereocenters. The maximum Gasteiger partial charge on any atom is 0.312 e. The quantitative estimate of drug-likeness (QED) is 0.0807. The molecule has 0 N–H and O–H groups in total. The van der Waals surface area contributed by atoms with Gasteiger partial charge in [-0.2, -0.15) is 0 Å². The number of rotatable bonds is 16. The molecule has 4 fully saturated rings. The van der Waals surface area contributed by atoms with Gasteiger partial charge < -0.3 is 18.9 Å². The largest absolute Gasteiger partial charge is 0.464 e. The first kappa shape index (κ1) is 66.8. The number of hydrogen-bond acceptors (Lipinski definition) is 8. The molecule has 0 spiro atoms. The van der Waals surface area contributed by atoms with Gasteiger partial charge >= 0.3 is 23.9 Å². The third kappa shape index (κ3) is 11.6. The molecular weight excluding hydrogens is 1140 g/mol. The molecule has 0 bridgehead atoms. The van der Waals surface area contributed by atoms with Gasteiger partial charge in [0.2, 0.25) is 0 Å². The average molecular weight is 1250 g/mol. The van der Waals surface area contributed by atoms with Crippen molar-refractivity contribution in [2.45, 2.75) is 278 Å². The molecule has 8 heteroatoms. The summed E-state index contributed by atoms with van der Waals surface area (Å²) in [5.41, 5.74) is 12.2. The number of fused-ring (bicyclic) bond motifs is 12. The molecule has 4 saturated carbocycles. The van der Waals surface area contributed by atoms with E-state index in [1.54, 1.807) is 0 Å². The highest BCUT2D eigenvalue weighted by Crippen LogP contribution is 2.61. The van der Waals surface area contributed by atoms with E-state index in [1.807, 2.05) is 0 Å². The number of carbonyl (C=O) groups excluding carboxylic acids is 4. The van der Waals surface area contributed by atoms with Crippen LogP contribution in [0.3, 0.4) is 0 Å². The third-order valence-electron chi connectivity index (χ3n) is 27.5. The monoisotopic (exact) mass is 1250 g/mol. The lowest BCUT2D eigenvalue weighted by atomic mass is 9.49. The Hall–Kier alpha value is -5.24. The van der Waals surface area contributed by atoms with Gasteiger partial charge in [0.25, 0.3) is 0 Å². The summed E-state index contributed by atoms with van der Waals surface area (Å²) >= 11 is 0. The van der Waals surface area contributed by atoms with E-state index in [-0.39, 0.29) is 95.6 Å². The molecule has 0 aromatic heterocycles. The van der Waals surface area contributed by atoms with Crippen LogP contribution in [0.5, 0.6) is 0 Å². The van der Waals surface area contributed by atoms with Crippen LogP contribution in [0.1, 0.15) is 297 Å². The normalized spacial score (nSPS) is 33.5. The topological polar surface area (TPSA) is 105 Å². The van der Waals surface area contributed by atoms with Crippen molar-refractivity contribution in [2.24, 2.45) is 51.2 Å². The summed E-state index contributed by atoms with van der Waals surface area (Å²) in [6.45, 7) is 32.9. The molecule has 8 aliphatic rings. The van der Waals surface area contributed by atoms with Gasteiger partial charge in [0.15, 0.2) is 0 Å². The third-order valence-corrected chi connectivity index (χ3v) is 27.5. The van der Waals surface area contributed by atoms with Crippen LogP contribution in [0.2, 0.25) is 0 Å². The maximum atomic E-state index is 15.7. The van der Waals surface area contributed by atoms with Gasteiger partial charge in [0.1, 0.15) is 31.8 Å². The number of carbonyl (C=O) groups is 4. The Morgan fingerprint density at radius 3 is 1.21 bits per heavy atom. The van der Waals surface area contributed by atoms with Gasteiger partial charge in [-0.05, 0) is 272 Å². The maximum absolute atomic E-state index is 15.7. The minimum atomic E-state index is -1.42. The Kier molecular flexibility index (Phi) is 18.0. The van der Waals surface area contributed by atoms with E-state index >= 15 is 19.2 Å². The molecule has 8 aliphatic carbocycles. The first-order chi connectivity index (χ1) is 43.5. The van der Waals surface area contributed by atoms with Crippen LogP contribution in [0.15, 0.2) is 72.8 Å². The summed E-state index contributed by atoms with van der Waals surface area (Å²) in [5, 5.41) is 0. The van der Waals surface area contributed by atoms with Gasteiger partial charge in [-0.25, -0.2) is 0 Å². The van der Waals surface area contributed by atoms with E-state index in [2.05, 4.69) is 177 Å². The lowest BCUT2D eigenvalue weighted by Gasteiger charge is -2.54. The van der Waals surface area contributed by atoms with E-state index < -0.39 is 21.7 Å². The summed E-state index contributed by atoms with van der Waals surface area (Å²) in [5.74, 6) is 0.892. The lowest BCUT2D eigenvalue weighted by Crippen LogP contribution is -2.55. The van der Waals surface area contributed by atoms with Crippen molar-refractivity contribution in [3.63, 3.8) is 0 Å². The highest BCUT2D eigenvalue weighted by molar-refractivity contribution is 5.79. The Labute approximate surface area is 554 Å². The van der Waals surface area contributed by atoms with Crippen molar-refractivity contribution in [3.05, 3.63) is 140 Å². The second-order valence-corrected chi connectivity index (χ2v) is 34.7. The van der Waals surface area contributed by atoms with E-state index in [4.69, 9.17) is 18.9 Å².